The number of fused-ring (bicyclic) bond motifs is 1. The van der Waals surface area contributed by atoms with Crippen LogP contribution in [0.2, 0.25) is 0 Å². The van der Waals surface area contributed by atoms with Crippen molar-refractivity contribution in [1.29, 1.82) is 0 Å². The van der Waals surface area contributed by atoms with Gasteiger partial charge in [-0.05, 0) is 66.7 Å². The van der Waals surface area contributed by atoms with E-state index in [1.54, 1.807) is 0 Å². The Bertz CT molecular complexity index is 1050. The van der Waals surface area contributed by atoms with E-state index in [2.05, 4.69) is 22.7 Å². The average Bonchev–Trinajstić information content (AvgIpc) is 3.15. The minimum absolute atomic E-state index is 0.134. The Morgan fingerprint density at radius 3 is 2.65 bits per heavy atom. The summed E-state index contributed by atoms with van der Waals surface area (Å²) >= 11 is 0.619. The molecule has 3 atom stereocenters. The number of nitrogens with two attached hydrogens (primary N) is 1. The van der Waals surface area contributed by atoms with Gasteiger partial charge in [-0.2, -0.15) is 0 Å². The van der Waals surface area contributed by atoms with Crippen LogP contribution in [0.15, 0.2) is 48.5 Å². The Balaban J connectivity index is 1.45. The lowest BCUT2D eigenvalue weighted by atomic mass is 9.79. The standard InChI is InChI=1S/C23H28NO5PS/c24-23(15-29-30(25,26)27)11-10-21(14-23)19-7-6-18-13-20(9-8-17(18)12-19)22(31-28)16-4-2-1-3-5-16/h1-7,12,20-21H,8-11,13-15,24H2,(H2,25,26,27)/t20-,21-,23+/m0/s1. The Kier molecular flexibility index (Phi) is 6.63. The monoisotopic (exact) mass is 461 g/mol. The summed E-state index contributed by atoms with van der Waals surface area (Å²) in [4.78, 5) is 18.9. The summed E-state index contributed by atoms with van der Waals surface area (Å²) in [5.41, 5.74) is 10.5. The first-order valence-corrected chi connectivity index (χ1v) is 12.9. The van der Waals surface area contributed by atoms with Gasteiger partial charge in [0.1, 0.15) is 0 Å². The maximum Gasteiger partial charge on any atom is 0.469 e. The minimum Gasteiger partial charge on any atom is -0.323 e. The summed E-state index contributed by atoms with van der Waals surface area (Å²) in [5, 5.41) is 0. The van der Waals surface area contributed by atoms with Crippen LogP contribution in [0.5, 0.6) is 0 Å². The normalized spacial score (nSPS) is 25.8. The van der Waals surface area contributed by atoms with Gasteiger partial charge in [0.15, 0.2) is 0 Å². The predicted octanol–water partition coefficient (Wildman–Crippen LogP) is 3.30. The summed E-state index contributed by atoms with van der Waals surface area (Å²) in [6, 6.07) is 16.5. The number of phosphoric acid groups is 1. The number of rotatable bonds is 6. The highest BCUT2D eigenvalue weighted by Gasteiger charge is 2.38. The van der Waals surface area contributed by atoms with E-state index in [1.807, 2.05) is 30.3 Å². The lowest BCUT2D eigenvalue weighted by Crippen LogP contribution is -2.41. The van der Waals surface area contributed by atoms with Crippen LogP contribution in [-0.4, -0.2) is 31.0 Å². The smallest absolute Gasteiger partial charge is 0.323 e. The van der Waals surface area contributed by atoms with Gasteiger partial charge in [0.2, 0.25) is 0 Å². The molecule has 0 heterocycles. The molecule has 0 aromatic heterocycles. The predicted molar refractivity (Wildman–Crippen MR) is 122 cm³/mol. The van der Waals surface area contributed by atoms with Crippen LogP contribution in [0, 0.1) is 5.92 Å². The van der Waals surface area contributed by atoms with Crippen LogP contribution in [0.4, 0.5) is 0 Å². The second-order valence-electron chi connectivity index (χ2n) is 8.85. The van der Waals surface area contributed by atoms with Gasteiger partial charge in [-0.1, -0.05) is 48.5 Å². The highest BCUT2D eigenvalue weighted by Crippen LogP contribution is 2.44. The zero-order chi connectivity index (χ0) is 22.1. The molecule has 0 spiro atoms. The quantitative estimate of drug-likeness (QED) is 0.346. The van der Waals surface area contributed by atoms with Crippen LogP contribution in [0.1, 0.15) is 53.9 Å². The zero-order valence-corrected chi connectivity index (χ0v) is 19.0. The molecule has 1 saturated carbocycles. The molecule has 31 heavy (non-hydrogen) atoms. The van der Waals surface area contributed by atoms with Crippen LogP contribution < -0.4 is 5.73 Å². The van der Waals surface area contributed by atoms with Gasteiger partial charge in [0.25, 0.3) is 0 Å². The molecule has 2 aromatic rings. The lowest BCUT2D eigenvalue weighted by Gasteiger charge is -2.27. The van der Waals surface area contributed by atoms with Crippen LogP contribution in [-0.2, 0) is 33.2 Å². The van der Waals surface area contributed by atoms with E-state index in [4.69, 9.17) is 15.5 Å². The third kappa shape index (κ3) is 5.43. The molecule has 4 N–H and O–H groups in total. The third-order valence-corrected chi connectivity index (χ3v) is 7.83. The molecule has 8 heteroatoms. The summed E-state index contributed by atoms with van der Waals surface area (Å²) < 4.78 is 27.6. The molecule has 0 aliphatic heterocycles. The Morgan fingerprint density at radius 1 is 1.16 bits per heavy atom. The molecule has 4 rings (SSSR count). The molecule has 0 saturated heterocycles. The molecule has 2 aliphatic carbocycles. The van der Waals surface area contributed by atoms with E-state index in [0.29, 0.717) is 24.1 Å². The van der Waals surface area contributed by atoms with Crippen LogP contribution in [0.25, 0.3) is 0 Å². The van der Waals surface area contributed by atoms with Crippen LogP contribution >= 0.6 is 7.82 Å². The van der Waals surface area contributed by atoms with Crippen molar-refractivity contribution in [2.45, 2.75) is 50.0 Å². The van der Waals surface area contributed by atoms with Crippen molar-refractivity contribution in [3.05, 3.63) is 70.8 Å². The van der Waals surface area contributed by atoms with Gasteiger partial charge in [0, 0.05) is 11.5 Å². The van der Waals surface area contributed by atoms with Crippen molar-refractivity contribution in [2.24, 2.45) is 11.7 Å². The van der Waals surface area contributed by atoms with Crippen molar-refractivity contribution in [3.63, 3.8) is 0 Å². The SMILES string of the molecule is N[C@]1(COP(=O)(O)O)CC[C@H](c2ccc3c(c2)CC[C@H](C(=S=O)c2ccccc2)C3)C1. The van der Waals surface area contributed by atoms with Gasteiger partial charge < -0.3 is 15.5 Å². The fourth-order valence-electron chi connectivity index (χ4n) is 4.99. The molecular formula is C23H28NO5PS. The van der Waals surface area contributed by atoms with E-state index in [9.17, 15) is 8.77 Å². The zero-order valence-electron chi connectivity index (χ0n) is 17.3. The number of hydrogen-bond donors (Lipinski definition) is 3. The largest absolute Gasteiger partial charge is 0.469 e. The molecule has 0 unspecified atom stereocenters. The third-order valence-electron chi connectivity index (χ3n) is 6.61. The van der Waals surface area contributed by atoms with Gasteiger partial charge in [-0.15, -0.1) is 0 Å². The molecular weight excluding hydrogens is 433 g/mol. The highest BCUT2D eigenvalue weighted by molar-refractivity contribution is 7.67. The Labute approximate surface area is 186 Å². The number of aryl methyl sites for hydroxylation is 1. The maximum absolute atomic E-state index is 11.9. The van der Waals surface area contributed by atoms with Gasteiger partial charge in [0.05, 0.1) is 22.7 Å². The molecule has 1 fully saturated rings. The minimum atomic E-state index is -4.51. The fourth-order valence-corrected chi connectivity index (χ4v) is 5.99. The highest BCUT2D eigenvalue weighted by atomic mass is 32.1. The number of benzene rings is 2. The molecule has 0 bridgehead atoms. The second-order valence-corrected chi connectivity index (χ2v) is 10.7. The van der Waals surface area contributed by atoms with E-state index >= 15 is 0 Å². The molecule has 6 nitrogen and oxygen atoms in total. The van der Waals surface area contributed by atoms with Gasteiger partial charge in [-0.25, -0.2) is 8.77 Å². The van der Waals surface area contributed by atoms with Crippen molar-refractivity contribution in [2.75, 3.05) is 6.61 Å². The summed E-state index contributed by atoms with van der Waals surface area (Å²) in [5.74, 6) is 0.508. The Morgan fingerprint density at radius 2 is 1.94 bits per heavy atom. The molecule has 0 radical (unpaired) electrons. The van der Waals surface area contributed by atoms with Crippen molar-refractivity contribution in [3.8, 4) is 0 Å². The summed E-state index contributed by atoms with van der Waals surface area (Å²) in [6.07, 6.45) is 4.96. The lowest BCUT2D eigenvalue weighted by molar-refractivity contribution is 0.153. The second kappa shape index (κ2) is 9.10. The molecule has 166 valence electrons. The number of phosphoric ester groups is 1. The van der Waals surface area contributed by atoms with E-state index < -0.39 is 13.4 Å². The fraction of sp³-hybridized carbons (Fsp3) is 0.435. The first kappa shape index (κ1) is 22.6. The summed E-state index contributed by atoms with van der Waals surface area (Å²) in [7, 11) is -4.51. The average molecular weight is 462 g/mol. The van der Waals surface area contributed by atoms with Crippen molar-refractivity contribution < 1.29 is 23.1 Å². The first-order chi connectivity index (χ1) is 14.8. The van der Waals surface area contributed by atoms with E-state index in [0.717, 1.165) is 36.1 Å². The number of hydrogen-bond acceptors (Lipinski definition) is 4. The summed E-state index contributed by atoms with van der Waals surface area (Å²) in [6.45, 7) is -0.134. The molecule has 0 amide bonds. The van der Waals surface area contributed by atoms with Gasteiger partial charge >= 0.3 is 7.82 Å². The van der Waals surface area contributed by atoms with Gasteiger partial charge in [-0.3, -0.25) is 4.52 Å². The maximum atomic E-state index is 11.9. The molecule has 2 aliphatic rings. The molecule has 2 aromatic carbocycles. The Hall–Kier alpha value is -1.60. The van der Waals surface area contributed by atoms with Crippen LogP contribution in [0.3, 0.4) is 0 Å². The van der Waals surface area contributed by atoms with Crippen molar-refractivity contribution in [1.82, 2.24) is 0 Å². The topological polar surface area (TPSA) is 110 Å². The first-order valence-electron chi connectivity index (χ1n) is 10.6. The van der Waals surface area contributed by atoms with Crippen molar-refractivity contribution >= 4 is 23.9 Å². The van der Waals surface area contributed by atoms with E-state index in [-0.39, 0.29) is 18.4 Å². The van der Waals surface area contributed by atoms with E-state index in [1.165, 1.54) is 16.7 Å².